The summed E-state index contributed by atoms with van der Waals surface area (Å²) >= 11 is 0. The van der Waals surface area contributed by atoms with E-state index in [9.17, 15) is 4.79 Å². The maximum absolute atomic E-state index is 12.2. The normalized spacial score (nSPS) is 14.6. The number of rotatable bonds is 11. The Hall–Kier alpha value is -0.650. The van der Waals surface area contributed by atoms with E-state index in [0.717, 1.165) is 32.6 Å². The molecule has 0 aliphatic heterocycles. The number of nitrogens with one attached hydrogen (secondary N) is 1. The lowest BCUT2D eigenvalue weighted by Crippen LogP contribution is -2.57. The standard InChI is InChI=1S/C15H33N3O2/c1-7-16-15(4,14(19)20-9-3)13-18(8-2)12-10-11-17(5)6/h16H,7-13H2,1-6H3. The van der Waals surface area contributed by atoms with Gasteiger partial charge in [-0.05, 0) is 60.5 Å². The Kier molecular flexibility index (Phi) is 9.80. The zero-order valence-corrected chi connectivity index (χ0v) is 14.2. The minimum absolute atomic E-state index is 0.159. The minimum Gasteiger partial charge on any atom is -0.465 e. The van der Waals surface area contributed by atoms with E-state index in [4.69, 9.17) is 4.74 Å². The van der Waals surface area contributed by atoms with Crippen molar-refractivity contribution in [2.24, 2.45) is 0 Å². The molecule has 5 heteroatoms. The summed E-state index contributed by atoms with van der Waals surface area (Å²) in [7, 11) is 4.16. The van der Waals surface area contributed by atoms with Crippen LogP contribution >= 0.6 is 0 Å². The number of ether oxygens (including phenoxy) is 1. The van der Waals surface area contributed by atoms with E-state index in [1.807, 2.05) is 20.8 Å². The molecule has 0 amide bonds. The molecule has 0 aromatic rings. The number of esters is 1. The van der Waals surface area contributed by atoms with Crippen LogP contribution < -0.4 is 5.32 Å². The fourth-order valence-electron chi connectivity index (χ4n) is 2.28. The number of carbonyl (C=O) groups is 1. The Bertz CT molecular complexity index is 272. The lowest BCUT2D eigenvalue weighted by molar-refractivity contribution is -0.151. The van der Waals surface area contributed by atoms with Gasteiger partial charge in [0.15, 0.2) is 0 Å². The molecule has 0 fully saturated rings. The number of likely N-dealkylation sites (N-methyl/N-ethyl adjacent to an activating group) is 2. The summed E-state index contributed by atoms with van der Waals surface area (Å²) in [6.07, 6.45) is 1.10. The van der Waals surface area contributed by atoms with Crippen molar-refractivity contribution in [3.63, 3.8) is 0 Å². The molecule has 0 aliphatic carbocycles. The smallest absolute Gasteiger partial charge is 0.327 e. The monoisotopic (exact) mass is 287 g/mol. The zero-order chi connectivity index (χ0) is 15.6. The molecule has 20 heavy (non-hydrogen) atoms. The molecule has 0 saturated carbocycles. The number of carbonyl (C=O) groups excluding carboxylic acids is 1. The first kappa shape index (κ1) is 19.4. The molecular weight excluding hydrogens is 254 g/mol. The molecule has 0 rings (SSSR count). The molecule has 0 aliphatic rings. The van der Waals surface area contributed by atoms with Crippen molar-refractivity contribution in [2.75, 3.05) is 53.4 Å². The van der Waals surface area contributed by atoms with Gasteiger partial charge in [0.2, 0.25) is 0 Å². The van der Waals surface area contributed by atoms with Crippen LogP contribution in [0, 0.1) is 0 Å². The van der Waals surface area contributed by atoms with Crippen LogP contribution in [0.15, 0.2) is 0 Å². The SMILES string of the molecule is CCNC(C)(CN(CC)CCCN(C)C)C(=O)OCC. The highest BCUT2D eigenvalue weighted by Crippen LogP contribution is 2.10. The second-order valence-corrected chi connectivity index (χ2v) is 5.61. The van der Waals surface area contributed by atoms with Crippen molar-refractivity contribution >= 4 is 5.97 Å². The fourth-order valence-corrected chi connectivity index (χ4v) is 2.28. The van der Waals surface area contributed by atoms with Gasteiger partial charge in [-0.15, -0.1) is 0 Å². The first-order valence-electron chi connectivity index (χ1n) is 7.68. The highest BCUT2D eigenvalue weighted by Gasteiger charge is 2.35. The van der Waals surface area contributed by atoms with Gasteiger partial charge in [0.05, 0.1) is 6.61 Å². The molecule has 120 valence electrons. The number of hydrogen-bond donors (Lipinski definition) is 1. The molecule has 0 radical (unpaired) electrons. The van der Waals surface area contributed by atoms with Gasteiger partial charge >= 0.3 is 5.97 Å². The van der Waals surface area contributed by atoms with Gasteiger partial charge in [0.25, 0.3) is 0 Å². The van der Waals surface area contributed by atoms with Crippen molar-refractivity contribution in [1.82, 2.24) is 15.1 Å². The van der Waals surface area contributed by atoms with Crippen LogP contribution in [-0.2, 0) is 9.53 Å². The van der Waals surface area contributed by atoms with E-state index < -0.39 is 5.54 Å². The first-order chi connectivity index (χ1) is 9.39. The van der Waals surface area contributed by atoms with Crippen molar-refractivity contribution in [3.8, 4) is 0 Å². The predicted molar refractivity (Wildman–Crippen MR) is 84.0 cm³/mol. The zero-order valence-electron chi connectivity index (χ0n) is 14.2. The summed E-state index contributed by atoms with van der Waals surface area (Å²) in [6, 6.07) is 0. The van der Waals surface area contributed by atoms with Gasteiger partial charge in [0.1, 0.15) is 5.54 Å². The summed E-state index contributed by atoms with van der Waals surface area (Å²) in [6.45, 7) is 12.8. The van der Waals surface area contributed by atoms with Crippen LogP contribution in [-0.4, -0.2) is 74.7 Å². The van der Waals surface area contributed by atoms with Gasteiger partial charge < -0.3 is 19.9 Å². The highest BCUT2D eigenvalue weighted by molar-refractivity contribution is 5.80. The molecule has 0 heterocycles. The van der Waals surface area contributed by atoms with Gasteiger partial charge in [-0.25, -0.2) is 0 Å². The molecule has 0 saturated heterocycles. The van der Waals surface area contributed by atoms with Crippen molar-refractivity contribution in [3.05, 3.63) is 0 Å². The van der Waals surface area contributed by atoms with E-state index in [0.29, 0.717) is 13.2 Å². The largest absolute Gasteiger partial charge is 0.465 e. The minimum atomic E-state index is -0.626. The van der Waals surface area contributed by atoms with Crippen molar-refractivity contribution in [2.45, 2.75) is 39.7 Å². The maximum atomic E-state index is 12.2. The summed E-state index contributed by atoms with van der Waals surface area (Å²) in [5.41, 5.74) is -0.626. The molecule has 0 aromatic carbocycles. The fraction of sp³-hybridized carbons (Fsp3) is 0.933. The average molecular weight is 287 g/mol. The Morgan fingerprint density at radius 1 is 1.20 bits per heavy atom. The number of hydrogen-bond acceptors (Lipinski definition) is 5. The van der Waals surface area contributed by atoms with Crippen LogP contribution in [0.25, 0.3) is 0 Å². The van der Waals surface area contributed by atoms with Crippen molar-refractivity contribution in [1.29, 1.82) is 0 Å². The molecule has 0 aromatic heterocycles. The lowest BCUT2D eigenvalue weighted by Gasteiger charge is -2.34. The molecule has 1 atom stereocenters. The molecule has 0 bridgehead atoms. The third-order valence-electron chi connectivity index (χ3n) is 3.36. The molecule has 0 spiro atoms. The third-order valence-corrected chi connectivity index (χ3v) is 3.36. The van der Waals surface area contributed by atoms with Crippen LogP contribution in [0.1, 0.15) is 34.1 Å². The molecule has 1 N–H and O–H groups in total. The summed E-state index contributed by atoms with van der Waals surface area (Å²) in [5.74, 6) is -0.159. The summed E-state index contributed by atoms with van der Waals surface area (Å²) in [5, 5.41) is 3.28. The van der Waals surface area contributed by atoms with Crippen LogP contribution in [0.2, 0.25) is 0 Å². The molecule has 5 nitrogen and oxygen atoms in total. The van der Waals surface area contributed by atoms with Gasteiger partial charge in [-0.2, -0.15) is 0 Å². The average Bonchev–Trinajstić information content (AvgIpc) is 2.37. The Morgan fingerprint density at radius 2 is 1.85 bits per heavy atom. The van der Waals surface area contributed by atoms with Gasteiger partial charge in [-0.3, -0.25) is 4.79 Å². The van der Waals surface area contributed by atoms with E-state index in [1.54, 1.807) is 0 Å². The van der Waals surface area contributed by atoms with Gasteiger partial charge in [-0.1, -0.05) is 13.8 Å². The summed E-state index contributed by atoms with van der Waals surface area (Å²) < 4.78 is 5.21. The van der Waals surface area contributed by atoms with E-state index >= 15 is 0 Å². The quantitative estimate of drug-likeness (QED) is 0.578. The topological polar surface area (TPSA) is 44.8 Å². The Balaban J connectivity index is 4.55. The van der Waals surface area contributed by atoms with Crippen LogP contribution in [0.4, 0.5) is 0 Å². The molecular formula is C15H33N3O2. The number of nitrogens with zero attached hydrogens (tertiary/aromatic N) is 2. The van der Waals surface area contributed by atoms with E-state index in [-0.39, 0.29) is 5.97 Å². The van der Waals surface area contributed by atoms with Crippen LogP contribution in [0.3, 0.4) is 0 Å². The second-order valence-electron chi connectivity index (χ2n) is 5.61. The van der Waals surface area contributed by atoms with E-state index in [1.165, 1.54) is 0 Å². The molecule has 1 unspecified atom stereocenters. The Labute approximate surface area is 124 Å². The Morgan fingerprint density at radius 3 is 2.30 bits per heavy atom. The summed E-state index contributed by atoms with van der Waals surface area (Å²) in [4.78, 5) is 16.7. The van der Waals surface area contributed by atoms with E-state index in [2.05, 4.69) is 36.1 Å². The van der Waals surface area contributed by atoms with Crippen molar-refractivity contribution < 1.29 is 9.53 Å². The lowest BCUT2D eigenvalue weighted by atomic mass is 10.0. The predicted octanol–water partition coefficient (Wildman–Crippen LogP) is 1.19. The first-order valence-corrected chi connectivity index (χ1v) is 7.68. The second kappa shape index (κ2) is 10.1. The third kappa shape index (κ3) is 7.22. The van der Waals surface area contributed by atoms with Crippen LogP contribution in [0.5, 0.6) is 0 Å². The maximum Gasteiger partial charge on any atom is 0.327 e. The van der Waals surface area contributed by atoms with Gasteiger partial charge in [0, 0.05) is 6.54 Å². The highest BCUT2D eigenvalue weighted by atomic mass is 16.5.